The second-order valence-electron chi connectivity index (χ2n) is 5.47. The molecule has 112 valence electrons. The zero-order chi connectivity index (χ0) is 14.5. The summed E-state index contributed by atoms with van der Waals surface area (Å²) in [4.78, 5) is 12.0. The number of hydrogen-bond donors (Lipinski definition) is 2. The number of nitrogens with one attached hydrogen (secondary N) is 1. The van der Waals surface area contributed by atoms with Gasteiger partial charge in [-0.1, -0.05) is 24.9 Å². The van der Waals surface area contributed by atoms with Crippen molar-refractivity contribution in [2.75, 3.05) is 11.9 Å². The molecule has 20 heavy (non-hydrogen) atoms. The highest BCUT2D eigenvalue weighted by molar-refractivity contribution is 6.32. The van der Waals surface area contributed by atoms with E-state index in [-0.39, 0.29) is 16.7 Å². The first-order valence-electron chi connectivity index (χ1n) is 7.29. The van der Waals surface area contributed by atoms with Gasteiger partial charge < -0.3 is 10.4 Å². The normalized spacial score (nSPS) is 22.1. The largest absolute Gasteiger partial charge is 0.393 e. The lowest BCUT2D eigenvalue weighted by Crippen LogP contribution is -2.25. The third kappa shape index (κ3) is 3.73. The summed E-state index contributed by atoms with van der Waals surface area (Å²) in [6.45, 7) is 3.39. The van der Waals surface area contributed by atoms with Crippen molar-refractivity contribution in [3.63, 3.8) is 0 Å². The molecule has 0 bridgehead atoms. The Labute approximate surface area is 124 Å². The standard InChI is InChI=1S/C14H22ClN3O2/c1-2-3-6-18-14(20)13(15)12(9-17-18)16-8-10-4-5-11(19)7-10/h9-11,16,19H,2-8H2,1H3. The van der Waals surface area contributed by atoms with Crippen LogP contribution in [0.4, 0.5) is 5.69 Å². The van der Waals surface area contributed by atoms with E-state index in [1.165, 1.54) is 4.68 Å². The lowest BCUT2D eigenvalue weighted by atomic mass is 10.1. The second-order valence-corrected chi connectivity index (χ2v) is 5.85. The number of halogens is 1. The Kier molecular flexibility index (Phi) is 5.43. The minimum absolute atomic E-state index is 0.183. The van der Waals surface area contributed by atoms with E-state index in [0.29, 0.717) is 18.2 Å². The quantitative estimate of drug-likeness (QED) is 0.845. The van der Waals surface area contributed by atoms with E-state index in [4.69, 9.17) is 11.6 Å². The molecular formula is C14H22ClN3O2. The maximum absolute atomic E-state index is 12.0. The van der Waals surface area contributed by atoms with Crippen LogP contribution in [0.5, 0.6) is 0 Å². The van der Waals surface area contributed by atoms with Gasteiger partial charge >= 0.3 is 0 Å². The van der Waals surface area contributed by atoms with Gasteiger partial charge in [0.25, 0.3) is 5.56 Å². The molecule has 1 saturated carbocycles. The zero-order valence-corrected chi connectivity index (χ0v) is 12.6. The van der Waals surface area contributed by atoms with Gasteiger partial charge in [0.2, 0.25) is 0 Å². The third-order valence-corrected chi connectivity index (χ3v) is 4.17. The number of nitrogens with zero attached hydrogens (tertiary/aromatic N) is 2. The molecule has 1 fully saturated rings. The first kappa shape index (κ1) is 15.3. The summed E-state index contributed by atoms with van der Waals surface area (Å²) in [6, 6.07) is 0. The van der Waals surface area contributed by atoms with Gasteiger partial charge in [-0.05, 0) is 31.6 Å². The molecular weight excluding hydrogens is 278 g/mol. The second kappa shape index (κ2) is 7.09. The number of aryl methyl sites for hydroxylation is 1. The van der Waals surface area contributed by atoms with Crippen LogP contribution >= 0.6 is 11.6 Å². The number of unbranched alkanes of at least 4 members (excludes halogenated alkanes) is 1. The van der Waals surface area contributed by atoms with Gasteiger partial charge in [0.05, 0.1) is 18.0 Å². The highest BCUT2D eigenvalue weighted by Gasteiger charge is 2.22. The topological polar surface area (TPSA) is 67.2 Å². The number of aromatic nitrogens is 2. The fourth-order valence-electron chi connectivity index (χ4n) is 2.54. The third-order valence-electron chi connectivity index (χ3n) is 3.80. The number of rotatable bonds is 6. The Morgan fingerprint density at radius 2 is 2.35 bits per heavy atom. The molecule has 1 aliphatic carbocycles. The summed E-state index contributed by atoms with van der Waals surface area (Å²) in [5.41, 5.74) is 0.349. The molecule has 2 unspecified atom stereocenters. The van der Waals surface area contributed by atoms with Crippen LogP contribution < -0.4 is 10.9 Å². The Balaban J connectivity index is 1.98. The number of aliphatic hydroxyl groups excluding tert-OH is 1. The van der Waals surface area contributed by atoms with Crippen LogP contribution in [0, 0.1) is 5.92 Å². The van der Waals surface area contributed by atoms with Crippen molar-refractivity contribution in [2.24, 2.45) is 5.92 Å². The summed E-state index contributed by atoms with van der Waals surface area (Å²) in [5, 5.41) is 17.0. The SMILES string of the molecule is CCCCn1ncc(NCC2CCC(O)C2)c(Cl)c1=O. The van der Waals surface area contributed by atoms with Crippen LogP contribution in [0.25, 0.3) is 0 Å². The minimum Gasteiger partial charge on any atom is -0.393 e. The van der Waals surface area contributed by atoms with Crippen molar-refractivity contribution in [2.45, 2.75) is 51.7 Å². The van der Waals surface area contributed by atoms with E-state index in [2.05, 4.69) is 17.3 Å². The van der Waals surface area contributed by atoms with Crippen LogP contribution in [0.1, 0.15) is 39.0 Å². The maximum atomic E-state index is 12.0. The molecule has 6 heteroatoms. The molecule has 2 rings (SSSR count). The molecule has 1 aliphatic rings. The van der Waals surface area contributed by atoms with Gasteiger partial charge in [-0.3, -0.25) is 4.79 Å². The van der Waals surface area contributed by atoms with Gasteiger partial charge in [0.15, 0.2) is 0 Å². The van der Waals surface area contributed by atoms with Crippen molar-refractivity contribution >= 4 is 17.3 Å². The fourth-order valence-corrected chi connectivity index (χ4v) is 2.76. The molecule has 1 aromatic heterocycles. The number of hydrogen-bond acceptors (Lipinski definition) is 4. The van der Waals surface area contributed by atoms with E-state index in [0.717, 1.165) is 38.6 Å². The Morgan fingerprint density at radius 3 is 3.00 bits per heavy atom. The lowest BCUT2D eigenvalue weighted by molar-refractivity contribution is 0.178. The molecule has 0 spiro atoms. The monoisotopic (exact) mass is 299 g/mol. The summed E-state index contributed by atoms with van der Waals surface area (Å²) >= 11 is 6.11. The van der Waals surface area contributed by atoms with Crippen molar-refractivity contribution in [3.8, 4) is 0 Å². The van der Waals surface area contributed by atoms with Gasteiger partial charge in [-0.15, -0.1) is 0 Å². The first-order valence-corrected chi connectivity index (χ1v) is 7.67. The highest BCUT2D eigenvalue weighted by atomic mass is 35.5. The number of anilines is 1. The van der Waals surface area contributed by atoms with E-state index in [1.54, 1.807) is 6.20 Å². The predicted octanol–water partition coefficient (Wildman–Crippen LogP) is 2.27. The van der Waals surface area contributed by atoms with Crippen molar-refractivity contribution in [3.05, 3.63) is 21.6 Å². The predicted molar refractivity (Wildman–Crippen MR) is 80.3 cm³/mol. The molecule has 1 aromatic rings. The average Bonchev–Trinajstić information content (AvgIpc) is 2.85. The smallest absolute Gasteiger partial charge is 0.287 e. The van der Waals surface area contributed by atoms with Crippen molar-refractivity contribution < 1.29 is 5.11 Å². The highest BCUT2D eigenvalue weighted by Crippen LogP contribution is 2.26. The minimum atomic E-state index is -0.239. The summed E-state index contributed by atoms with van der Waals surface area (Å²) < 4.78 is 1.41. The molecule has 0 radical (unpaired) electrons. The Bertz CT molecular complexity index is 504. The fraction of sp³-hybridized carbons (Fsp3) is 0.714. The van der Waals surface area contributed by atoms with Gasteiger partial charge in [-0.25, -0.2) is 4.68 Å². The molecule has 0 aromatic carbocycles. The van der Waals surface area contributed by atoms with Gasteiger partial charge in [-0.2, -0.15) is 5.10 Å². The van der Waals surface area contributed by atoms with Crippen molar-refractivity contribution in [1.29, 1.82) is 0 Å². The van der Waals surface area contributed by atoms with E-state index >= 15 is 0 Å². The van der Waals surface area contributed by atoms with Crippen LogP contribution in [0.2, 0.25) is 5.02 Å². The first-order chi connectivity index (χ1) is 9.61. The number of aliphatic hydroxyl groups is 1. The molecule has 0 saturated heterocycles. The van der Waals surface area contributed by atoms with Crippen LogP contribution in [0.15, 0.2) is 11.0 Å². The molecule has 5 nitrogen and oxygen atoms in total. The maximum Gasteiger partial charge on any atom is 0.287 e. The van der Waals surface area contributed by atoms with E-state index in [1.807, 2.05) is 0 Å². The summed E-state index contributed by atoms with van der Waals surface area (Å²) in [5.74, 6) is 0.434. The molecule has 0 aliphatic heterocycles. The lowest BCUT2D eigenvalue weighted by Gasteiger charge is -2.13. The Morgan fingerprint density at radius 1 is 1.55 bits per heavy atom. The zero-order valence-electron chi connectivity index (χ0n) is 11.8. The van der Waals surface area contributed by atoms with Gasteiger partial charge in [0.1, 0.15) is 5.02 Å². The molecule has 2 atom stereocenters. The van der Waals surface area contributed by atoms with E-state index in [9.17, 15) is 9.90 Å². The van der Waals surface area contributed by atoms with Crippen LogP contribution in [-0.4, -0.2) is 27.5 Å². The van der Waals surface area contributed by atoms with Crippen LogP contribution in [0.3, 0.4) is 0 Å². The average molecular weight is 300 g/mol. The molecule has 2 N–H and O–H groups in total. The van der Waals surface area contributed by atoms with E-state index < -0.39 is 0 Å². The van der Waals surface area contributed by atoms with Crippen molar-refractivity contribution in [1.82, 2.24) is 9.78 Å². The summed E-state index contributed by atoms with van der Waals surface area (Å²) in [6.07, 6.45) is 6.03. The summed E-state index contributed by atoms with van der Waals surface area (Å²) in [7, 11) is 0. The van der Waals surface area contributed by atoms with Gasteiger partial charge in [0, 0.05) is 13.1 Å². The van der Waals surface area contributed by atoms with Crippen LogP contribution in [-0.2, 0) is 6.54 Å². The Hall–Kier alpha value is -1.07. The molecule has 1 heterocycles. The molecule has 0 amide bonds.